The average Bonchev–Trinajstić information content (AvgIpc) is 2.30. The molecule has 0 spiro atoms. The van der Waals surface area contributed by atoms with Crippen molar-refractivity contribution >= 4 is 27.5 Å². The summed E-state index contributed by atoms with van der Waals surface area (Å²) in [4.78, 5) is 13.3. The molecule has 92 valence electrons. The molecule has 0 saturated carbocycles. The molecule has 0 radical (unpaired) electrons. The van der Waals surface area contributed by atoms with Crippen LogP contribution in [0.2, 0.25) is 0 Å². The molecular weight excluding hydrogens is 282 g/mol. The van der Waals surface area contributed by atoms with Crippen LogP contribution in [0.4, 0.5) is 5.69 Å². The number of hydrogen-bond donors (Lipinski definition) is 2. The van der Waals surface area contributed by atoms with Gasteiger partial charge < -0.3 is 16.4 Å². The Hall–Kier alpha value is -1.07. The van der Waals surface area contributed by atoms with E-state index in [1.54, 1.807) is 12.1 Å². The number of rotatable bonds is 2. The quantitative estimate of drug-likeness (QED) is 0.868. The summed E-state index contributed by atoms with van der Waals surface area (Å²) < 4.78 is 0.907. The highest BCUT2D eigenvalue weighted by atomic mass is 79.9. The van der Waals surface area contributed by atoms with Gasteiger partial charge in [0, 0.05) is 29.2 Å². The van der Waals surface area contributed by atoms with Crippen LogP contribution in [0.1, 0.15) is 23.2 Å². The van der Waals surface area contributed by atoms with Gasteiger partial charge in [0.2, 0.25) is 5.91 Å². The van der Waals surface area contributed by atoms with Crippen LogP contribution in [0.5, 0.6) is 0 Å². The lowest BCUT2D eigenvalue weighted by Gasteiger charge is -2.32. The van der Waals surface area contributed by atoms with E-state index in [0.29, 0.717) is 11.6 Å². The molecule has 1 aromatic rings. The van der Waals surface area contributed by atoms with Crippen LogP contribution in [0, 0.1) is 0 Å². The van der Waals surface area contributed by atoms with E-state index in [-0.39, 0.29) is 0 Å². The van der Waals surface area contributed by atoms with Crippen molar-refractivity contribution in [2.24, 2.45) is 11.5 Å². The maximum absolute atomic E-state index is 11.1. The second kappa shape index (κ2) is 5.06. The number of anilines is 1. The third-order valence-corrected chi connectivity index (χ3v) is 3.75. The molecule has 0 aliphatic carbocycles. The number of hydrogen-bond acceptors (Lipinski definition) is 3. The normalized spacial score (nSPS) is 17.2. The number of piperidine rings is 1. The summed E-state index contributed by atoms with van der Waals surface area (Å²) in [5.74, 6) is -0.405. The fourth-order valence-corrected chi connectivity index (χ4v) is 2.69. The SMILES string of the molecule is NC(=O)c1ccc(N2CCC(N)CC2)c(Br)c1. The zero-order valence-electron chi connectivity index (χ0n) is 9.53. The summed E-state index contributed by atoms with van der Waals surface area (Å²) in [6.07, 6.45) is 2.01. The highest BCUT2D eigenvalue weighted by Gasteiger charge is 2.18. The topological polar surface area (TPSA) is 72.4 Å². The molecule has 0 bridgehead atoms. The van der Waals surface area contributed by atoms with Crippen LogP contribution >= 0.6 is 15.9 Å². The molecule has 1 fully saturated rings. The standard InChI is InChI=1S/C12H16BrN3O/c13-10-7-8(12(15)17)1-2-11(10)16-5-3-9(14)4-6-16/h1-2,7,9H,3-6,14H2,(H2,15,17). The number of nitrogens with two attached hydrogens (primary N) is 2. The Morgan fingerprint density at radius 2 is 2.00 bits per heavy atom. The predicted octanol–water partition coefficient (Wildman–Crippen LogP) is 1.48. The maximum Gasteiger partial charge on any atom is 0.248 e. The van der Waals surface area contributed by atoms with Crippen LogP contribution in [0.3, 0.4) is 0 Å². The van der Waals surface area contributed by atoms with Gasteiger partial charge in [-0.05, 0) is 47.0 Å². The molecule has 1 aliphatic rings. The van der Waals surface area contributed by atoms with Crippen LogP contribution in [-0.4, -0.2) is 25.0 Å². The minimum atomic E-state index is -0.405. The highest BCUT2D eigenvalue weighted by molar-refractivity contribution is 9.10. The molecule has 1 saturated heterocycles. The van der Waals surface area contributed by atoms with Gasteiger partial charge in [-0.3, -0.25) is 4.79 Å². The number of amides is 1. The van der Waals surface area contributed by atoms with Gasteiger partial charge in [0.1, 0.15) is 0 Å². The first-order valence-electron chi connectivity index (χ1n) is 5.68. The largest absolute Gasteiger partial charge is 0.371 e. The number of nitrogens with zero attached hydrogens (tertiary/aromatic N) is 1. The monoisotopic (exact) mass is 297 g/mol. The van der Waals surface area contributed by atoms with Crippen molar-refractivity contribution in [1.29, 1.82) is 0 Å². The van der Waals surface area contributed by atoms with Gasteiger partial charge in [-0.2, -0.15) is 0 Å². The molecule has 1 aliphatic heterocycles. The number of carbonyl (C=O) groups excluding carboxylic acids is 1. The van der Waals surface area contributed by atoms with Crippen LogP contribution in [0.25, 0.3) is 0 Å². The maximum atomic E-state index is 11.1. The molecule has 4 nitrogen and oxygen atoms in total. The number of primary amides is 1. The lowest BCUT2D eigenvalue weighted by atomic mass is 10.1. The van der Waals surface area contributed by atoms with Crippen molar-refractivity contribution in [3.8, 4) is 0 Å². The Morgan fingerprint density at radius 3 is 2.53 bits per heavy atom. The molecule has 0 unspecified atom stereocenters. The molecule has 1 aromatic carbocycles. The van der Waals surface area contributed by atoms with Crippen molar-refractivity contribution in [3.05, 3.63) is 28.2 Å². The fraction of sp³-hybridized carbons (Fsp3) is 0.417. The van der Waals surface area contributed by atoms with Gasteiger partial charge in [0.25, 0.3) is 0 Å². The van der Waals surface area contributed by atoms with Crippen molar-refractivity contribution in [2.45, 2.75) is 18.9 Å². The molecular formula is C12H16BrN3O. The molecule has 5 heteroatoms. The lowest BCUT2D eigenvalue weighted by Crippen LogP contribution is -2.39. The first kappa shape index (κ1) is 12.4. The smallest absolute Gasteiger partial charge is 0.248 e. The molecule has 2 rings (SSSR count). The number of halogens is 1. The van der Waals surface area contributed by atoms with Crippen molar-refractivity contribution in [2.75, 3.05) is 18.0 Å². The first-order chi connectivity index (χ1) is 8.08. The van der Waals surface area contributed by atoms with Gasteiger partial charge >= 0.3 is 0 Å². The predicted molar refractivity (Wildman–Crippen MR) is 72.1 cm³/mol. The summed E-state index contributed by atoms with van der Waals surface area (Å²) in [5.41, 5.74) is 12.7. The van der Waals surface area contributed by atoms with Crippen LogP contribution in [-0.2, 0) is 0 Å². The Bertz CT molecular complexity index is 428. The van der Waals surface area contributed by atoms with Gasteiger partial charge in [0.15, 0.2) is 0 Å². The molecule has 0 aromatic heterocycles. The first-order valence-corrected chi connectivity index (χ1v) is 6.47. The van der Waals surface area contributed by atoms with E-state index in [1.807, 2.05) is 6.07 Å². The Labute approximate surface area is 109 Å². The summed E-state index contributed by atoms with van der Waals surface area (Å²) in [7, 11) is 0. The second-order valence-electron chi connectivity index (χ2n) is 4.35. The summed E-state index contributed by atoms with van der Waals surface area (Å²) >= 11 is 3.49. The zero-order valence-corrected chi connectivity index (χ0v) is 11.1. The number of benzene rings is 1. The molecule has 1 heterocycles. The molecule has 1 amide bonds. The van der Waals surface area contributed by atoms with E-state index >= 15 is 0 Å². The fourth-order valence-electron chi connectivity index (χ4n) is 2.06. The molecule has 0 atom stereocenters. The summed E-state index contributed by atoms with van der Waals surface area (Å²) in [5, 5.41) is 0. The van der Waals surface area contributed by atoms with E-state index in [0.717, 1.165) is 36.1 Å². The Morgan fingerprint density at radius 1 is 1.35 bits per heavy atom. The van der Waals surface area contributed by atoms with Crippen molar-refractivity contribution in [3.63, 3.8) is 0 Å². The average molecular weight is 298 g/mol. The lowest BCUT2D eigenvalue weighted by molar-refractivity contribution is 0.100. The molecule has 4 N–H and O–H groups in total. The number of carbonyl (C=O) groups is 1. The van der Waals surface area contributed by atoms with E-state index in [9.17, 15) is 4.79 Å². The minimum absolute atomic E-state index is 0.315. The van der Waals surface area contributed by atoms with Crippen LogP contribution in [0.15, 0.2) is 22.7 Å². The van der Waals surface area contributed by atoms with Crippen molar-refractivity contribution in [1.82, 2.24) is 0 Å². The third-order valence-electron chi connectivity index (χ3n) is 3.11. The van der Waals surface area contributed by atoms with Gasteiger partial charge in [-0.25, -0.2) is 0 Å². The summed E-state index contributed by atoms with van der Waals surface area (Å²) in [6, 6.07) is 5.78. The van der Waals surface area contributed by atoms with E-state index in [1.165, 1.54) is 0 Å². The summed E-state index contributed by atoms with van der Waals surface area (Å²) in [6.45, 7) is 1.91. The van der Waals surface area contributed by atoms with E-state index in [4.69, 9.17) is 11.5 Å². The minimum Gasteiger partial charge on any atom is -0.371 e. The highest BCUT2D eigenvalue weighted by Crippen LogP contribution is 2.29. The van der Waals surface area contributed by atoms with Crippen molar-refractivity contribution < 1.29 is 4.79 Å². The molecule has 17 heavy (non-hydrogen) atoms. The third kappa shape index (κ3) is 2.79. The van der Waals surface area contributed by atoms with E-state index < -0.39 is 5.91 Å². The van der Waals surface area contributed by atoms with E-state index in [2.05, 4.69) is 20.8 Å². The Kier molecular flexibility index (Phi) is 3.69. The van der Waals surface area contributed by atoms with Gasteiger partial charge in [0.05, 0.1) is 5.69 Å². The van der Waals surface area contributed by atoms with Gasteiger partial charge in [-0.15, -0.1) is 0 Å². The Balaban J connectivity index is 2.19. The van der Waals surface area contributed by atoms with Crippen LogP contribution < -0.4 is 16.4 Å². The second-order valence-corrected chi connectivity index (χ2v) is 5.21. The van der Waals surface area contributed by atoms with Gasteiger partial charge in [-0.1, -0.05) is 0 Å². The zero-order chi connectivity index (χ0) is 12.4.